The first-order valence-corrected chi connectivity index (χ1v) is 12.9. The van der Waals surface area contributed by atoms with Gasteiger partial charge in [-0.2, -0.15) is 0 Å². The monoisotopic (exact) mass is 556 g/mol. The number of aliphatic hydroxyl groups is 1. The number of ether oxygens (including phenoxy) is 3. The maximum atomic E-state index is 13.2. The highest BCUT2D eigenvalue weighted by molar-refractivity contribution is 6.04. The van der Waals surface area contributed by atoms with Gasteiger partial charge >= 0.3 is 12.1 Å². The normalized spacial score (nSPS) is 16.1. The van der Waals surface area contributed by atoms with E-state index < -0.39 is 41.7 Å². The summed E-state index contributed by atoms with van der Waals surface area (Å²) in [6.07, 6.45) is -3.70. The molecule has 1 saturated heterocycles. The third-order valence-electron chi connectivity index (χ3n) is 5.63. The Labute approximate surface area is 233 Å². The van der Waals surface area contributed by atoms with E-state index in [0.717, 1.165) is 5.56 Å². The van der Waals surface area contributed by atoms with E-state index in [0.29, 0.717) is 17.1 Å². The minimum Gasteiger partial charge on any atom is -0.465 e. The standard InChI is InChI=1S/C28H36N4O8/c1-5-38-22(33)17-29-20-7-6-8-21(15-20)32-13-14-39-24(26(32)36)23(34)25(35)31-19-11-9-18(10-12-19)16-30-27(37)40-28(2,3)4/h6-12,15,23-24,29,34H,5,13-14,16-17H2,1-4H3,(H,30,37)(H,31,35)/t23-,24-/m1/s1. The van der Waals surface area contributed by atoms with Crippen molar-refractivity contribution in [1.29, 1.82) is 0 Å². The molecule has 1 aliphatic rings. The second kappa shape index (κ2) is 13.8. The van der Waals surface area contributed by atoms with E-state index in [2.05, 4.69) is 16.0 Å². The van der Waals surface area contributed by atoms with Gasteiger partial charge < -0.3 is 40.2 Å². The fraction of sp³-hybridized carbons (Fsp3) is 0.429. The van der Waals surface area contributed by atoms with Gasteiger partial charge in [0.1, 0.15) is 12.1 Å². The summed E-state index contributed by atoms with van der Waals surface area (Å²) in [5.74, 6) is -1.78. The summed E-state index contributed by atoms with van der Waals surface area (Å²) in [5, 5.41) is 18.8. The first-order valence-electron chi connectivity index (χ1n) is 12.9. The van der Waals surface area contributed by atoms with Crippen molar-refractivity contribution in [2.75, 3.05) is 41.8 Å². The van der Waals surface area contributed by atoms with Crippen molar-refractivity contribution in [3.05, 3.63) is 54.1 Å². The van der Waals surface area contributed by atoms with Crippen molar-refractivity contribution in [3.63, 3.8) is 0 Å². The molecule has 0 spiro atoms. The molecular weight excluding hydrogens is 520 g/mol. The second-order valence-corrected chi connectivity index (χ2v) is 9.98. The smallest absolute Gasteiger partial charge is 0.407 e. The van der Waals surface area contributed by atoms with Crippen molar-refractivity contribution in [2.24, 2.45) is 0 Å². The van der Waals surface area contributed by atoms with Crippen molar-refractivity contribution >= 4 is 40.9 Å². The van der Waals surface area contributed by atoms with Crippen LogP contribution in [0.5, 0.6) is 0 Å². The number of rotatable bonds is 10. The number of morpholine rings is 1. The Morgan fingerprint density at radius 1 is 1.12 bits per heavy atom. The van der Waals surface area contributed by atoms with Gasteiger partial charge in [-0.15, -0.1) is 0 Å². The zero-order valence-corrected chi connectivity index (χ0v) is 23.1. The third-order valence-corrected chi connectivity index (χ3v) is 5.63. The summed E-state index contributed by atoms with van der Waals surface area (Å²) < 4.78 is 15.6. The number of hydrogen-bond acceptors (Lipinski definition) is 9. The van der Waals surface area contributed by atoms with Crippen LogP contribution in [-0.4, -0.2) is 73.1 Å². The molecule has 40 heavy (non-hydrogen) atoms. The van der Waals surface area contributed by atoms with E-state index in [-0.39, 0.29) is 32.8 Å². The fourth-order valence-electron chi connectivity index (χ4n) is 3.81. The van der Waals surface area contributed by atoms with Gasteiger partial charge in [0, 0.05) is 30.2 Å². The number of carbonyl (C=O) groups excluding carboxylic acids is 4. The summed E-state index contributed by atoms with van der Waals surface area (Å²) in [6.45, 7) is 7.85. The molecule has 3 amide bonds. The van der Waals surface area contributed by atoms with Crippen LogP contribution in [0.25, 0.3) is 0 Å². The molecule has 2 aromatic carbocycles. The van der Waals surface area contributed by atoms with Crippen LogP contribution >= 0.6 is 0 Å². The number of nitrogens with zero attached hydrogens (tertiary/aromatic N) is 1. The highest BCUT2D eigenvalue weighted by Gasteiger charge is 2.39. The number of anilines is 3. The molecule has 2 atom stereocenters. The predicted octanol–water partition coefficient (Wildman–Crippen LogP) is 2.42. The number of nitrogens with one attached hydrogen (secondary N) is 3. The summed E-state index contributed by atoms with van der Waals surface area (Å²) in [7, 11) is 0. The third kappa shape index (κ3) is 8.95. The molecule has 0 radical (unpaired) electrons. The Bertz CT molecular complexity index is 1200. The molecule has 0 saturated carbocycles. The van der Waals surface area contributed by atoms with Crippen molar-refractivity contribution < 1.29 is 38.5 Å². The van der Waals surface area contributed by atoms with Crippen molar-refractivity contribution in [3.8, 4) is 0 Å². The van der Waals surface area contributed by atoms with E-state index in [9.17, 15) is 24.3 Å². The minimum atomic E-state index is -1.76. The van der Waals surface area contributed by atoms with Gasteiger partial charge in [-0.05, 0) is 63.6 Å². The Balaban J connectivity index is 1.56. The molecular formula is C28H36N4O8. The Morgan fingerprint density at radius 3 is 2.52 bits per heavy atom. The Kier molecular flexibility index (Phi) is 10.5. The number of esters is 1. The lowest BCUT2D eigenvalue weighted by Crippen LogP contribution is -2.55. The summed E-state index contributed by atoms with van der Waals surface area (Å²) >= 11 is 0. The summed E-state index contributed by atoms with van der Waals surface area (Å²) in [6, 6.07) is 13.5. The molecule has 216 valence electrons. The second-order valence-electron chi connectivity index (χ2n) is 9.98. The van der Waals surface area contributed by atoms with Crippen molar-refractivity contribution in [1.82, 2.24) is 5.32 Å². The quantitative estimate of drug-likeness (QED) is 0.323. The van der Waals surface area contributed by atoms with Gasteiger partial charge in [-0.25, -0.2) is 4.79 Å². The molecule has 12 nitrogen and oxygen atoms in total. The summed E-state index contributed by atoms with van der Waals surface area (Å²) in [5.41, 5.74) is 1.68. The zero-order chi connectivity index (χ0) is 29.3. The molecule has 4 N–H and O–H groups in total. The zero-order valence-electron chi connectivity index (χ0n) is 23.1. The SMILES string of the molecule is CCOC(=O)CNc1cccc(N2CCO[C@H]([C@@H](O)C(=O)Nc3ccc(CNC(=O)OC(C)(C)C)cc3)C2=O)c1. The number of carbonyl (C=O) groups is 4. The molecule has 0 aliphatic carbocycles. The van der Waals surface area contributed by atoms with Gasteiger partial charge in [-0.3, -0.25) is 14.4 Å². The number of aliphatic hydroxyl groups excluding tert-OH is 1. The largest absolute Gasteiger partial charge is 0.465 e. The maximum absolute atomic E-state index is 13.2. The number of benzene rings is 2. The topological polar surface area (TPSA) is 156 Å². The van der Waals surface area contributed by atoms with Crippen molar-refractivity contribution in [2.45, 2.75) is 52.0 Å². The highest BCUT2D eigenvalue weighted by Crippen LogP contribution is 2.24. The van der Waals surface area contributed by atoms with Crippen LogP contribution in [-0.2, 0) is 35.1 Å². The molecule has 1 heterocycles. The highest BCUT2D eigenvalue weighted by atomic mass is 16.6. The van der Waals surface area contributed by atoms with Gasteiger partial charge in [0.15, 0.2) is 12.2 Å². The maximum Gasteiger partial charge on any atom is 0.407 e. The van der Waals surface area contributed by atoms with Gasteiger partial charge in [0.05, 0.1) is 13.2 Å². The van der Waals surface area contributed by atoms with Crippen LogP contribution in [0.1, 0.15) is 33.3 Å². The van der Waals surface area contributed by atoms with Gasteiger partial charge in [-0.1, -0.05) is 18.2 Å². The molecule has 0 bridgehead atoms. The average molecular weight is 557 g/mol. The van der Waals surface area contributed by atoms with Crippen LogP contribution < -0.4 is 20.9 Å². The fourth-order valence-corrected chi connectivity index (χ4v) is 3.81. The van der Waals surface area contributed by atoms with Gasteiger partial charge in [0.2, 0.25) is 0 Å². The van der Waals surface area contributed by atoms with E-state index >= 15 is 0 Å². The summed E-state index contributed by atoms with van der Waals surface area (Å²) in [4.78, 5) is 50.8. The van der Waals surface area contributed by atoms with Crippen LogP contribution in [0.3, 0.4) is 0 Å². The molecule has 0 aromatic heterocycles. The number of alkyl carbamates (subject to hydrolysis) is 1. The van der Waals surface area contributed by atoms with E-state index in [1.54, 1.807) is 76.2 Å². The van der Waals surface area contributed by atoms with Crippen LogP contribution in [0.15, 0.2) is 48.5 Å². The lowest BCUT2D eigenvalue weighted by molar-refractivity contribution is -0.150. The molecule has 3 rings (SSSR count). The molecule has 0 unspecified atom stereocenters. The lowest BCUT2D eigenvalue weighted by Gasteiger charge is -2.34. The van der Waals surface area contributed by atoms with Crippen LogP contribution in [0.4, 0.5) is 21.9 Å². The predicted molar refractivity (Wildman–Crippen MR) is 148 cm³/mol. The molecule has 2 aromatic rings. The Morgan fingerprint density at radius 2 is 1.85 bits per heavy atom. The molecule has 12 heteroatoms. The van der Waals surface area contributed by atoms with E-state index in [4.69, 9.17) is 14.2 Å². The first-order chi connectivity index (χ1) is 19.0. The van der Waals surface area contributed by atoms with Crippen LogP contribution in [0, 0.1) is 0 Å². The minimum absolute atomic E-state index is 0.0307. The average Bonchev–Trinajstić information content (AvgIpc) is 2.90. The van der Waals surface area contributed by atoms with E-state index in [1.807, 2.05) is 0 Å². The lowest BCUT2D eigenvalue weighted by atomic mass is 10.1. The number of hydrogen-bond donors (Lipinski definition) is 4. The Hall–Kier alpha value is -4.16. The number of amides is 3. The molecule has 1 aliphatic heterocycles. The van der Waals surface area contributed by atoms with Crippen LogP contribution in [0.2, 0.25) is 0 Å². The first kappa shape index (κ1) is 30.4. The van der Waals surface area contributed by atoms with E-state index in [1.165, 1.54) is 4.90 Å². The van der Waals surface area contributed by atoms with Gasteiger partial charge in [0.25, 0.3) is 11.8 Å². The molecule has 1 fully saturated rings.